The molecule has 0 spiro atoms. The van der Waals surface area contributed by atoms with Crippen molar-refractivity contribution in [3.05, 3.63) is 35.2 Å². The molecule has 1 aromatic heterocycles. The van der Waals surface area contributed by atoms with Gasteiger partial charge in [0.05, 0.1) is 0 Å². The first-order chi connectivity index (χ1) is 9.31. The minimum atomic E-state index is 0.438. The van der Waals surface area contributed by atoms with Crippen LogP contribution in [0.3, 0.4) is 0 Å². The lowest BCUT2D eigenvalue weighted by Gasteiger charge is -2.37. The number of benzene rings is 1. The molecule has 2 saturated heterocycles. The van der Waals surface area contributed by atoms with E-state index in [1.54, 1.807) is 0 Å². The van der Waals surface area contributed by atoms with Crippen LogP contribution in [0.25, 0.3) is 10.1 Å². The molecular formula is C16H20N2S. The van der Waals surface area contributed by atoms with E-state index < -0.39 is 0 Å². The van der Waals surface area contributed by atoms with Crippen LogP contribution in [0.2, 0.25) is 0 Å². The zero-order chi connectivity index (χ0) is 12.8. The average Bonchev–Trinajstić information content (AvgIpc) is 2.92. The summed E-state index contributed by atoms with van der Waals surface area (Å²) in [4.78, 5) is 2.72. The Balaban J connectivity index is 1.62. The van der Waals surface area contributed by atoms with E-state index in [2.05, 4.69) is 34.5 Å². The van der Waals surface area contributed by atoms with Crippen molar-refractivity contribution in [2.24, 2.45) is 5.73 Å². The number of nitrogens with two attached hydrogens (primary N) is 1. The summed E-state index contributed by atoms with van der Waals surface area (Å²) in [7, 11) is 0. The molecule has 1 aromatic carbocycles. The lowest BCUT2D eigenvalue weighted by Crippen LogP contribution is -2.46. The molecule has 0 aliphatic carbocycles. The summed E-state index contributed by atoms with van der Waals surface area (Å²) in [5, 5.41) is 3.79. The molecule has 3 heteroatoms. The molecule has 0 saturated carbocycles. The molecule has 2 aromatic rings. The summed E-state index contributed by atoms with van der Waals surface area (Å²) in [6.45, 7) is 1.12. The lowest BCUT2D eigenvalue weighted by molar-refractivity contribution is 0.120. The third-order valence-corrected chi connectivity index (χ3v) is 5.85. The topological polar surface area (TPSA) is 29.3 Å². The van der Waals surface area contributed by atoms with Crippen LogP contribution in [0, 0.1) is 0 Å². The zero-order valence-electron chi connectivity index (χ0n) is 11.1. The van der Waals surface area contributed by atoms with E-state index in [4.69, 9.17) is 5.73 Å². The Hall–Kier alpha value is -0.900. The van der Waals surface area contributed by atoms with Crippen LogP contribution in [-0.2, 0) is 6.54 Å². The third kappa shape index (κ3) is 2.00. The van der Waals surface area contributed by atoms with Crippen molar-refractivity contribution in [3.63, 3.8) is 0 Å². The molecule has 2 unspecified atom stereocenters. The van der Waals surface area contributed by atoms with E-state index in [9.17, 15) is 0 Å². The van der Waals surface area contributed by atoms with Crippen LogP contribution >= 0.6 is 11.3 Å². The van der Waals surface area contributed by atoms with Crippen molar-refractivity contribution < 1.29 is 0 Å². The normalized spacial score (nSPS) is 31.1. The van der Waals surface area contributed by atoms with Crippen LogP contribution in [-0.4, -0.2) is 23.0 Å². The Morgan fingerprint density at radius 1 is 1.16 bits per heavy atom. The molecule has 4 rings (SSSR count). The van der Waals surface area contributed by atoms with Crippen molar-refractivity contribution in [1.29, 1.82) is 0 Å². The van der Waals surface area contributed by atoms with Gasteiger partial charge in [0.25, 0.3) is 0 Å². The molecule has 3 heterocycles. The number of hydrogen-bond acceptors (Lipinski definition) is 3. The molecule has 2 bridgehead atoms. The maximum absolute atomic E-state index is 6.16. The number of hydrogen-bond donors (Lipinski definition) is 1. The van der Waals surface area contributed by atoms with Crippen molar-refractivity contribution in [1.82, 2.24) is 4.90 Å². The fraction of sp³-hybridized carbons (Fsp3) is 0.500. The van der Waals surface area contributed by atoms with E-state index in [1.165, 1.54) is 41.3 Å². The minimum absolute atomic E-state index is 0.438. The maximum Gasteiger partial charge on any atom is 0.0346 e. The summed E-state index contributed by atoms with van der Waals surface area (Å²) in [5.41, 5.74) is 7.66. The molecule has 2 fully saturated rings. The minimum Gasteiger partial charge on any atom is -0.328 e. The molecule has 100 valence electrons. The largest absolute Gasteiger partial charge is 0.328 e. The van der Waals surface area contributed by atoms with Gasteiger partial charge >= 0.3 is 0 Å². The number of fused-ring (bicyclic) bond motifs is 3. The second kappa shape index (κ2) is 4.58. The lowest BCUT2D eigenvalue weighted by atomic mass is 9.97. The van der Waals surface area contributed by atoms with Crippen LogP contribution in [0.5, 0.6) is 0 Å². The van der Waals surface area contributed by atoms with Crippen molar-refractivity contribution in [2.75, 3.05) is 0 Å². The van der Waals surface area contributed by atoms with E-state index in [-0.39, 0.29) is 0 Å². The van der Waals surface area contributed by atoms with Gasteiger partial charge in [-0.15, -0.1) is 11.3 Å². The summed E-state index contributed by atoms with van der Waals surface area (Å²) in [5.74, 6) is 0. The highest BCUT2D eigenvalue weighted by Crippen LogP contribution is 2.37. The quantitative estimate of drug-likeness (QED) is 0.908. The van der Waals surface area contributed by atoms with Crippen LogP contribution in [0.1, 0.15) is 31.2 Å². The molecule has 2 aliphatic rings. The molecule has 2 N–H and O–H groups in total. The highest BCUT2D eigenvalue weighted by molar-refractivity contribution is 7.17. The smallest absolute Gasteiger partial charge is 0.0346 e. The fourth-order valence-corrected chi connectivity index (χ4v) is 4.88. The fourth-order valence-electron chi connectivity index (χ4n) is 3.93. The van der Waals surface area contributed by atoms with Gasteiger partial charge in [0.15, 0.2) is 0 Å². The molecule has 2 atom stereocenters. The molecule has 19 heavy (non-hydrogen) atoms. The molecule has 2 aliphatic heterocycles. The summed E-state index contributed by atoms with van der Waals surface area (Å²) < 4.78 is 1.42. The van der Waals surface area contributed by atoms with Crippen LogP contribution in [0.15, 0.2) is 29.6 Å². The van der Waals surface area contributed by atoms with Crippen molar-refractivity contribution >= 4 is 21.4 Å². The first kappa shape index (κ1) is 11.9. The van der Waals surface area contributed by atoms with E-state index >= 15 is 0 Å². The predicted octanol–water partition coefficient (Wildman–Crippen LogP) is 3.36. The Kier molecular flexibility index (Phi) is 2.87. The second-order valence-corrected chi connectivity index (χ2v) is 6.96. The van der Waals surface area contributed by atoms with Gasteiger partial charge in [0, 0.05) is 29.4 Å². The number of thiophene rings is 1. The van der Waals surface area contributed by atoms with Gasteiger partial charge in [-0.25, -0.2) is 0 Å². The highest BCUT2D eigenvalue weighted by Gasteiger charge is 2.39. The molecule has 0 radical (unpaired) electrons. The van der Waals surface area contributed by atoms with Gasteiger partial charge in [-0.05, 0) is 48.1 Å². The predicted molar refractivity (Wildman–Crippen MR) is 81.4 cm³/mol. The second-order valence-electron chi connectivity index (χ2n) is 6.05. The summed E-state index contributed by atoms with van der Waals surface area (Å²) in [6.07, 6.45) is 5.08. The molecule has 2 nitrogen and oxygen atoms in total. The SMILES string of the molecule is NC1CC2CCC(C1)N2Cc1csc2ccccc12. The molecular weight excluding hydrogens is 252 g/mol. The Morgan fingerprint density at radius 2 is 1.89 bits per heavy atom. The van der Waals surface area contributed by atoms with Gasteiger partial charge in [-0.3, -0.25) is 4.90 Å². The van der Waals surface area contributed by atoms with Crippen molar-refractivity contribution in [3.8, 4) is 0 Å². The first-order valence-electron chi connectivity index (χ1n) is 7.27. The Labute approximate surface area is 118 Å². The van der Waals surface area contributed by atoms with Gasteiger partial charge in [0.1, 0.15) is 0 Å². The number of piperidine rings is 1. The standard InChI is InChI=1S/C16H20N2S/c17-12-7-13-5-6-14(8-12)18(13)9-11-10-19-16-4-2-1-3-15(11)16/h1-4,10,12-14H,5-9,17H2. The number of rotatable bonds is 2. The van der Waals surface area contributed by atoms with Gasteiger partial charge < -0.3 is 5.73 Å². The van der Waals surface area contributed by atoms with E-state index in [1.807, 2.05) is 11.3 Å². The average molecular weight is 272 g/mol. The van der Waals surface area contributed by atoms with Gasteiger partial charge in [0.2, 0.25) is 0 Å². The van der Waals surface area contributed by atoms with Crippen molar-refractivity contribution in [2.45, 2.75) is 50.4 Å². The monoisotopic (exact) mass is 272 g/mol. The summed E-state index contributed by atoms with van der Waals surface area (Å²) in [6, 6.07) is 10.7. The Morgan fingerprint density at radius 3 is 2.68 bits per heavy atom. The summed E-state index contributed by atoms with van der Waals surface area (Å²) >= 11 is 1.87. The first-order valence-corrected chi connectivity index (χ1v) is 8.15. The van der Waals surface area contributed by atoms with Crippen LogP contribution < -0.4 is 5.73 Å². The Bertz CT molecular complexity index is 577. The maximum atomic E-state index is 6.16. The highest BCUT2D eigenvalue weighted by atomic mass is 32.1. The van der Waals surface area contributed by atoms with Gasteiger partial charge in [-0.2, -0.15) is 0 Å². The number of nitrogens with zero attached hydrogens (tertiary/aromatic N) is 1. The third-order valence-electron chi connectivity index (χ3n) is 4.83. The van der Waals surface area contributed by atoms with E-state index in [0.29, 0.717) is 6.04 Å². The van der Waals surface area contributed by atoms with Gasteiger partial charge in [-0.1, -0.05) is 18.2 Å². The molecule has 0 amide bonds. The zero-order valence-corrected chi connectivity index (χ0v) is 11.9. The van der Waals surface area contributed by atoms with Crippen LogP contribution in [0.4, 0.5) is 0 Å². The van der Waals surface area contributed by atoms with E-state index in [0.717, 1.165) is 18.6 Å².